The molecule has 0 unspecified atom stereocenters. The lowest BCUT2D eigenvalue weighted by atomic mass is 10.2. The van der Waals surface area contributed by atoms with Crippen molar-refractivity contribution in [3.05, 3.63) is 66.7 Å². The van der Waals surface area contributed by atoms with Gasteiger partial charge in [0.05, 0.1) is 30.9 Å². The molecule has 1 heterocycles. The first kappa shape index (κ1) is 23.8. The number of carbonyl (C=O) groups is 1. The van der Waals surface area contributed by atoms with Crippen LogP contribution in [0.4, 0.5) is 28.7 Å². The summed E-state index contributed by atoms with van der Waals surface area (Å²) in [6.07, 6.45) is 0. The van der Waals surface area contributed by atoms with Crippen molar-refractivity contribution in [3.8, 4) is 11.5 Å². The van der Waals surface area contributed by atoms with Crippen molar-refractivity contribution in [2.75, 3.05) is 29.2 Å². The Balaban J connectivity index is 1.85. The number of benzene rings is 3. The lowest BCUT2D eigenvalue weighted by molar-refractivity contribution is -0.114. The van der Waals surface area contributed by atoms with Crippen molar-refractivity contribution >= 4 is 56.5 Å². The van der Waals surface area contributed by atoms with Gasteiger partial charge in [0.15, 0.2) is 11.6 Å². The van der Waals surface area contributed by atoms with Gasteiger partial charge >= 0.3 is 0 Å². The average Bonchev–Trinajstić information content (AvgIpc) is 2.84. The first-order valence-corrected chi connectivity index (χ1v) is 11.6. The number of fused-ring (bicyclic) bond motifs is 1. The summed E-state index contributed by atoms with van der Waals surface area (Å²) in [5.74, 6) is 1.15. The van der Waals surface area contributed by atoms with Crippen LogP contribution in [0, 0.1) is 0 Å². The second-order valence-electron chi connectivity index (χ2n) is 7.39. The van der Waals surface area contributed by atoms with E-state index in [0.29, 0.717) is 39.6 Å². The number of hydrogen-bond donors (Lipinski definition) is 3. The highest BCUT2D eigenvalue weighted by Gasteiger charge is 2.21. The molecule has 0 aliphatic heterocycles. The van der Waals surface area contributed by atoms with Gasteiger partial charge in [0.2, 0.25) is 16.8 Å². The van der Waals surface area contributed by atoms with Crippen molar-refractivity contribution in [2.45, 2.75) is 6.92 Å². The zero-order valence-corrected chi connectivity index (χ0v) is 20.1. The molecule has 180 valence electrons. The SMILES string of the molecule is COc1cc(Nc2nc3ccccc3nc2N(c2ccc(NC(C)=O)cc2)[SH](=O)=O)cc(OC)c1. The largest absolute Gasteiger partial charge is 0.497 e. The minimum atomic E-state index is -3.15. The Morgan fingerprint density at radius 1 is 0.857 bits per heavy atom. The van der Waals surface area contributed by atoms with E-state index in [2.05, 4.69) is 20.6 Å². The summed E-state index contributed by atoms with van der Waals surface area (Å²) in [6.45, 7) is 1.39. The predicted octanol–water partition coefficient (Wildman–Crippen LogP) is 4.01. The van der Waals surface area contributed by atoms with Crippen LogP contribution in [0.5, 0.6) is 11.5 Å². The zero-order valence-electron chi connectivity index (χ0n) is 19.2. The van der Waals surface area contributed by atoms with Gasteiger partial charge in [-0.05, 0) is 36.4 Å². The summed E-state index contributed by atoms with van der Waals surface area (Å²) in [6, 6.07) is 18.7. The molecular formula is C24H23N5O5S. The molecule has 4 aromatic rings. The van der Waals surface area contributed by atoms with Crippen LogP contribution in [0.1, 0.15) is 6.92 Å². The molecule has 2 N–H and O–H groups in total. The number of para-hydroxylation sites is 2. The van der Waals surface area contributed by atoms with E-state index in [0.717, 1.165) is 4.31 Å². The van der Waals surface area contributed by atoms with Crippen molar-refractivity contribution in [3.63, 3.8) is 0 Å². The number of thiol groups is 1. The van der Waals surface area contributed by atoms with Gasteiger partial charge in [-0.2, -0.15) is 0 Å². The highest BCUT2D eigenvalue weighted by atomic mass is 32.2. The molecule has 0 spiro atoms. The number of methoxy groups -OCH3 is 2. The maximum absolute atomic E-state index is 12.5. The average molecular weight is 494 g/mol. The normalized spacial score (nSPS) is 10.7. The molecular weight excluding hydrogens is 470 g/mol. The van der Waals surface area contributed by atoms with E-state index < -0.39 is 10.9 Å². The van der Waals surface area contributed by atoms with Gasteiger partial charge < -0.3 is 20.1 Å². The summed E-state index contributed by atoms with van der Waals surface area (Å²) in [4.78, 5) is 20.6. The van der Waals surface area contributed by atoms with E-state index in [1.807, 2.05) is 6.07 Å². The van der Waals surface area contributed by atoms with Crippen LogP contribution in [0.3, 0.4) is 0 Å². The van der Waals surface area contributed by atoms with Crippen LogP contribution in [0.2, 0.25) is 0 Å². The Labute approximate surface area is 203 Å². The number of carbonyl (C=O) groups excluding carboxylic acids is 1. The van der Waals surface area contributed by atoms with E-state index >= 15 is 0 Å². The number of ether oxygens (including phenoxy) is 2. The predicted molar refractivity (Wildman–Crippen MR) is 136 cm³/mol. The summed E-state index contributed by atoms with van der Waals surface area (Å²) in [7, 11) is -0.0816. The monoisotopic (exact) mass is 493 g/mol. The fourth-order valence-electron chi connectivity index (χ4n) is 3.42. The van der Waals surface area contributed by atoms with Gasteiger partial charge in [0.25, 0.3) is 0 Å². The third-order valence-corrected chi connectivity index (χ3v) is 5.71. The molecule has 0 fully saturated rings. The van der Waals surface area contributed by atoms with Crippen LogP contribution < -0.4 is 24.4 Å². The molecule has 3 aromatic carbocycles. The topological polar surface area (TPSA) is 123 Å². The number of rotatable bonds is 8. The summed E-state index contributed by atoms with van der Waals surface area (Å²) in [5, 5.41) is 5.81. The van der Waals surface area contributed by atoms with Crippen LogP contribution in [0.15, 0.2) is 66.7 Å². The molecule has 35 heavy (non-hydrogen) atoms. The minimum absolute atomic E-state index is 0.0777. The second kappa shape index (κ2) is 10.3. The fraction of sp³-hybridized carbons (Fsp3) is 0.125. The van der Waals surface area contributed by atoms with Gasteiger partial charge in [-0.1, -0.05) is 12.1 Å². The van der Waals surface area contributed by atoms with Crippen molar-refractivity contribution < 1.29 is 22.7 Å². The van der Waals surface area contributed by atoms with E-state index in [1.165, 1.54) is 21.1 Å². The highest BCUT2D eigenvalue weighted by molar-refractivity contribution is 7.74. The lowest BCUT2D eigenvalue weighted by Crippen LogP contribution is -2.18. The first-order chi connectivity index (χ1) is 16.9. The van der Waals surface area contributed by atoms with Gasteiger partial charge in [0, 0.05) is 36.5 Å². The smallest absolute Gasteiger partial charge is 0.230 e. The Hall–Kier alpha value is -4.38. The number of amides is 1. The zero-order chi connectivity index (χ0) is 24.9. The van der Waals surface area contributed by atoms with Crippen LogP contribution in [-0.2, 0) is 15.7 Å². The Morgan fingerprint density at radius 3 is 2.00 bits per heavy atom. The van der Waals surface area contributed by atoms with Gasteiger partial charge in [-0.3, -0.25) is 4.79 Å². The van der Waals surface area contributed by atoms with Gasteiger partial charge in [-0.25, -0.2) is 22.7 Å². The molecule has 0 aliphatic rings. The lowest BCUT2D eigenvalue weighted by Gasteiger charge is -2.21. The van der Waals surface area contributed by atoms with E-state index in [4.69, 9.17) is 9.47 Å². The Kier molecular flexibility index (Phi) is 6.97. The molecule has 0 saturated heterocycles. The van der Waals surface area contributed by atoms with Crippen LogP contribution >= 0.6 is 0 Å². The number of anilines is 5. The van der Waals surface area contributed by atoms with E-state index in [1.54, 1.807) is 60.7 Å². The van der Waals surface area contributed by atoms with Crippen molar-refractivity contribution in [1.82, 2.24) is 9.97 Å². The van der Waals surface area contributed by atoms with Crippen molar-refractivity contribution in [1.29, 1.82) is 0 Å². The molecule has 11 heteroatoms. The summed E-state index contributed by atoms with van der Waals surface area (Å²) < 4.78 is 36.7. The molecule has 0 aliphatic carbocycles. The molecule has 10 nitrogen and oxygen atoms in total. The molecule has 0 atom stereocenters. The summed E-state index contributed by atoms with van der Waals surface area (Å²) >= 11 is 0. The Bertz CT molecular complexity index is 1430. The van der Waals surface area contributed by atoms with Crippen molar-refractivity contribution in [2.24, 2.45) is 0 Å². The third kappa shape index (κ3) is 5.41. The van der Waals surface area contributed by atoms with Crippen LogP contribution in [0.25, 0.3) is 11.0 Å². The number of nitrogens with one attached hydrogen (secondary N) is 2. The molecule has 0 radical (unpaired) electrons. The van der Waals surface area contributed by atoms with E-state index in [-0.39, 0.29) is 17.5 Å². The maximum atomic E-state index is 12.5. The van der Waals surface area contributed by atoms with Gasteiger partial charge in [-0.15, -0.1) is 0 Å². The minimum Gasteiger partial charge on any atom is -0.497 e. The second-order valence-corrected chi connectivity index (χ2v) is 8.26. The highest BCUT2D eigenvalue weighted by Crippen LogP contribution is 2.35. The Morgan fingerprint density at radius 2 is 1.46 bits per heavy atom. The molecule has 0 bridgehead atoms. The van der Waals surface area contributed by atoms with Gasteiger partial charge in [0.1, 0.15) is 11.5 Å². The third-order valence-electron chi connectivity index (χ3n) is 4.96. The van der Waals surface area contributed by atoms with Crippen LogP contribution in [-0.4, -0.2) is 38.5 Å². The number of hydrogen-bond acceptors (Lipinski definition) is 8. The molecule has 1 aromatic heterocycles. The standard InChI is InChI=1S/C24H23N5O5S/c1-15(30)25-16-8-10-18(11-9-16)29(35(31)32)24-23(27-21-6-4-5-7-22(21)28-24)26-17-12-19(33-2)14-20(13-17)34-3/h4-14,35H,1-3H3,(H,25,30)(H,26,27). The number of aromatic nitrogens is 2. The quantitative estimate of drug-likeness (QED) is 0.315. The fourth-order valence-corrected chi connectivity index (χ4v) is 4.04. The molecule has 4 rings (SSSR count). The first-order valence-electron chi connectivity index (χ1n) is 10.5. The number of nitrogens with zero attached hydrogens (tertiary/aromatic N) is 3. The summed E-state index contributed by atoms with van der Waals surface area (Å²) in [5.41, 5.74) is 2.53. The van der Waals surface area contributed by atoms with E-state index in [9.17, 15) is 13.2 Å². The molecule has 1 amide bonds. The molecule has 0 saturated carbocycles. The maximum Gasteiger partial charge on any atom is 0.230 e.